The summed E-state index contributed by atoms with van der Waals surface area (Å²) in [6, 6.07) is 0. The molecule has 1 aliphatic heterocycles. The highest BCUT2D eigenvalue weighted by atomic mass is 15.0. The van der Waals surface area contributed by atoms with E-state index >= 15 is 0 Å². The van der Waals surface area contributed by atoms with Crippen molar-refractivity contribution >= 4 is 0 Å². The Bertz CT molecular complexity index is 150. The van der Waals surface area contributed by atoms with E-state index in [2.05, 4.69) is 12.2 Å². The lowest BCUT2D eigenvalue weighted by Gasteiger charge is -2.11. The lowest BCUT2D eigenvalue weighted by Crippen LogP contribution is -2.18. The van der Waals surface area contributed by atoms with E-state index in [0.29, 0.717) is 5.41 Å². The molecular weight excluding hydrogens is 136 g/mol. The van der Waals surface area contributed by atoms with Crippen molar-refractivity contribution in [2.45, 2.75) is 19.8 Å². The minimum absolute atomic E-state index is 0.693. The van der Waals surface area contributed by atoms with Crippen LogP contribution in [0.1, 0.15) is 19.8 Å². The van der Waals surface area contributed by atoms with Crippen LogP contribution < -0.4 is 11.1 Å². The summed E-state index contributed by atoms with van der Waals surface area (Å²) < 4.78 is 0. The number of hydrogen-bond donors (Lipinski definition) is 2. The summed E-state index contributed by atoms with van der Waals surface area (Å²) in [4.78, 5) is 0. The van der Waals surface area contributed by atoms with Crippen molar-refractivity contribution in [2.24, 2.45) is 23.0 Å². The fraction of sp³-hybridized carbons (Fsp3) is 1.00. The summed E-state index contributed by atoms with van der Waals surface area (Å²) in [7, 11) is 0. The van der Waals surface area contributed by atoms with Gasteiger partial charge in [0.1, 0.15) is 0 Å². The van der Waals surface area contributed by atoms with Crippen molar-refractivity contribution in [3.63, 3.8) is 0 Å². The van der Waals surface area contributed by atoms with E-state index in [1.165, 1.54) is 25.9 Å². The molecule has 3 atom stereocenters. The number of rotatable bonds is 2. The largest absolute Gasteiger partial charge is 0.330 e. The van der Waals surface area contributed by atoms with Gasteiger partial charge in [0, 0.05) is 6.54 Å². The van der Waals surface area contributed by atoms with Crippen LogP contribution in [0.25, 0.3) is 0 Å². The van der Waals surface area contributed by atoms with Gasteiger partial charge in [0.2, 0.25) is 0 Å². The Labute approximate surface area is 68.5 Å². The van der Waals surface area contributed by atoms with Gasteiger partial charge in [0.25, 0.3) is 0 Å². The van der Waals surface area contributed by atoms with E-state index < -0.39 is 0 Å². The molecule has 0 aromatic heterocycles. The van der Waals surface area contributed by atoms with Crippen molar-refractivity contribution in [2.75, 3.05) is 19.6 Å². The maximum absolute atomic E-state index is 5.64. The van der Waals surface area contributed by atoms with Gasteiger partial charge in [-0.1, -0.05) is 6.92 Å². The summed E-state index contributed by atoms with van der Waals surface area (Å²) in [5.74, 6) is 1.68. The number of hydrogen-bond acceptors (Lipinski definition) is 2. The molecule has 2 aliphatic rings. The Balaban J connectivity index is 1.92. The first kappa shape index (κ1) is 7.56. The van der Waals surface area contributed by atoms with E-state index in [1.54, 1.807) is 0 Å². The third kappa shape index (κ3) is 1.09. The number of nitrogens with two attached hydrogens (primary N) is 1. The van der Waals surface area contributed by atoms with Gasteiger partial charge in [-0.05, 0) is 43.2 Å². The summed E-state index contributed by atoms with van der Waals surface area (Å²) >= 11 is 0. The minimum atomic E-state index is 0.693. The smallest absolute Gasteiger partial charge is 0.00112 e. The second-order valence-corrected chi connectivity index (χ2v) is 4.31. The van der Waals surface area contributed by atoms with Crippen LogP contribution in [0.15, 0.2) is 0 Å². The summed E-state index contributed by atoms with van der Waals surface area (Å²) in [6.45, 7) is 5.64. The molecule has 64 valence electrons. The predicted octanol–water partition coefficient (Wildman–Crippen LogP) is 0.581. The van der Waals surface area contributed by atoms with Crippen LogP contribution in [0.3, 0.4) is 0 Å². The molecule has 0 aromatic carbocycles. The summed E-state index contributed by atoms with van der Waals surface area (Å²) in [5.41, 5.74) is 6.34. The fourth-order valence-corrected chi connectivity index (χ4v) is 2.60. The molecule has 1 saturated heterocycles. The van der Waals surface area contributed by atoms with Crippen LogP contribution in [0, 0.1) is 17.3 Å². The third-order valence-corrected chi connectivity index (χ3v) is 3.59. The second-order valence-electron chi connectivity index (χ2n) is 4.31. The van der Waals surface area contributed by atoms with Crippen LogP contribution in [-0.2, 0) is 0 Å². The fourth-order valence-electron chi connectivity index (χ4n) is 2.60. The van der Waals surface area contributed by atoms with Crippen molar-refractivity contribution in [3.8, 4) is 0 Å². The lowest BCUT2D eigenvalue weighted by molar-refractivity contribution is 0.404. The zero-order chi connectivity index (χ0) is 7.90. The maximum atomic E-state index is 5.64. The molecule has 11 heavy (non-hydrogen) atoms. The molecule has 0 radical (unpaired) electrons. The first-order chi connectivity index (χ1) is 5.28. The second kappa shape index (κ2) is 2.46. The normalized spacial score (nSPS) is 44.7. The Morgan fingerprint density at radius 3 is 3.09 bits per heavy atom. The average molecular weight is 154 g/mol. The average Bonchev–Trinajstić information content (AvgIpc) is 2.48. The maximum Gasteiger partial charge on any atom is 0.00112 e. The standard InChI is InChI=1S/C9H18N2/c1-7(5-10)8-4-9(8)2-3-11-6-9/h7-8,11H,2-6,10H2,1H3. The molecule has 2 rings (SSSR count). The first-order valence-corrected chi connectivity index (χ1v) is 4.69. The van der Waals surface area contributed by atoms with E-state index in [9.17, 15) is 0 Å². The first-order valence-electron chi connectivity index (χ1n) is 4.69. The lowest BCUT2D eigenvalue weighted by atomic mass is 9.95. The van der Waals surface area contributed by atoms with Crippen molar-refractivity contribution in [1.82, 2.24) is 5.32 Å². The monoisotopic (exact) mass is 154 g/mol. The van der Waals surface area contributed by atoms with Crippen LogP contribution in [0.2, 0.25) is 0 Å². The third-order valence-electron chi connectivity index (χ3n) is 3.59. The van der Waals surface area contributed by atoms with E-state index in [-0.39, 0.29) is 0 Å². The Morgan fingerprint density at radius 2 is 2.55 bits per heavy atom. The zero-order valence-corrected chi connectivity index (χ0v) is 7.27. The van der Waals surface area contributed by atoms with E-state index in [1.807, 2.05) is 0 Å². The quantitative estimate of drug-likeness (QED) is 0.610. The van der Waals surface area contributed by atoms with E-state index in [0.717, 1.165) is 18.4 Å². The molecular formula is C9H18N2. The predicted molar refractivity (Wildman–Crippen MR) is 46.2 cm³/mol. The van der Waals surface area contributed by atoms with Gasteiger partial charge in [-0.15, -0.1) is 0 Å². The molecule has 2 nitrogen and oxygen atoms in total. The van der Waals surface area contributed by atoms with Gasteiger partial charge < -0.3 is 11.1 Å². The van der Waals surface area contributed by atoms with Crippen LogP contribution in [-0.4, -0.2) is 19.6 Å². The molecule has 1 heterocycles. The topological polar surface area (TPSA) is 38.0 Å². The van der Waals surface area contributed by atoms with Crippen molar-refractivity contribution < 1.29 is 0 Å². The Kier molecular flexibility index (Phi) is 1.69. The van der Waals surface area contributed by atoms with Crippen LogP contribution >= 0.6 is 0 Å². The minimum Gasteiger partial charge on any atom is -0.330 e. The molecule has 2 heteroatoms. The van der Waals surface area contributed by atoms with Crippen molar-refractivity contribution in [1.29, 1.82) is 0 Å². The molecule has 1 aliphatic carbocycles. The SMILES string of the molecule is CC(CN)C1CC12CCNC2. The van der Waals surface area contributed by atoms with Crippen LogP contribution in [0.4, 0.5) is 0 Å². The van der Waals surface area contributed by atoms with Gasteiger partial charge in [-0.3, -0.25) is 0 Å². The molecule has 3 unspecified atom stereocenters. The van der Waals surface area contributed by atoms with Gasteiger partial charge in [-0.2, -0.15) is 0 Å². The van der Waals surface area contributed by atoms with Crippen molar-refractivity contribution in [3.05, 3.63) is 0 Å². The van der Waals surface area contributed by atoms with Gasteiger partial charge >= 0.3 is 0 Å². The highest BCUT2D eigenvalue weighted by molar-refractivity contribution is 5.08. The van der Waals surface area contributed by atoms with Gasteiger partial charge in [-0.25, -0.2) is 0 Å². The highest BCUT2D eigenvalue weighted by Gasteiger charge is 2.56. The summed E-state index contributed by atoms with van der Waals surface area (Å²) in [6.07, 6.45) is 2.82. The highest BCUT2D eigenvalue weighted by Crippen LogP contribution is 2.59. The molecule has 1 saturated carbocycles. The Morgan fingerprint density at radius 1 is 1.73 bits per heavy atom. The van der Waals surface area contributed by atoms with Gasteiger partial charge in [0.05, 0.1) is 0 Å². The molecule has 0 bridgehead atoms. The number of nitrogens with one attached hydrogen (secondary N) is 1. The molecule has 0 amide bonds. The molecule has 0 aromatic rings. The van der Waals surface area contributed by atoms with Gasteiger partial charge in [0.15, 0.2) is 0 Å². The van der Waals surface area contributed by atoms with E-state index in [4.69, 9.17) is 5.73 Å². The summed E-state index contributed by atoms with van der Waals surface area (Å²) in [5, 5.41) is 3.44. The van der Waals surface area contributed by atoms with Crippen LogP contribution in [0.5, 0.6) is 0 Å². The molecule has 2 fully saturated rings. The molecule has 1 spiro atoms. The zero-order valence-electron chi connectivity index (χ0n) is 7.27. The molecule has 3 N–H and O–H groups in total. The Hall–Kier alpha value is -0.0800.